The van der Waals surface area contributed by atoms with Gasteiger partial charge in [0.15, 0.2) is 0 Å². The first-order valence-corrected chi connectivity index (χ1v) is 5.52. The molecule has 0 amide bonds. The van der Waals surface area contributed by atoms with E-state index in [1.54, 1.807) is 0 Å². The number of ether oxygens (including phenoxy) is 1. The minimum absolute atomic E-state index is 0.0757. The summed E-state index contributed by atoms with van der Waals surface area (Å²) in [6.07, 6.45) is -1.86. The lowest BCUT2D eigenvalue weighted by Gasteiger charge is -2.16. The molecule has 0 fully saturated rings. The van der Waals surface area contributed by atoms with Gasteiger partial charge in [-0.1, -0.05) is 29.8 Å². The third-order valence-electron chi connectivity index (χ3n) is 2.48. The van der Waals surface area contributed by atoms with E-state index in [2.05, 4.69) is 5.43 Å². The second-order valence-corrected chi connectivity index (χ2v) is 3.88. The predicted octanol–water partition coefficient (Wildman–Crippen LogP) is 2.17. The van der Waals surface area contributed by atoms with Gasteiger partial charge in [0.05, 0.1) is 0 Å². The molecule has 17 heavy (non-hydrogen) atoms. The van der Waals surface area contributed by atoms with Crippen molar-refractivity contribution in [3.8, 4) is 0 Å². The molecule has 1 aromatic rings. The first kappa shape index (κ1) is 14.0. The Kier molecular flexibility index (Phi) is 6.04. The lowest BCUT2D eigenvalue weighted by atomic mass is 10.0. The van der Waals surface area contributed by atoms with Gasteiger partial charge in [0.2, 0.25) is 0 Å². The Morgan fingerprint density at radius 3 is 2.47 bits per heavy atom. The second kappa shape index (κ2) is 7.32. The van der Waals surface area contributed by atoms with E-state index in [4.69, 9.17) is 10.6 Å². The lowest BCUT2D eigenvalue weighted by Crippen LogP contribution is -2.29. The maximum absolute atomic E-state index is 11.8. The van der Waals surface area contributed by atoms with Crippen LogP contribution in [0, 0.1) is 6.92 Å². The van der Waals surface area contributed by atoms with Gasteiger partial charge in [-0.25, -0.2) is 8.78 Å². The highest BCUT2D eigenvalue weighted by Gasteiger charge is 2.10. The van der Waals surface area contributed by atoms with Crippen LogP contribution < -0.4 is 11.3 Å². The van der Waals surface area contributed by atoms with Crippen molar-refractivity contribution in [2.75, 3.05) is 13.2 Å². The average Bonchev–Trinajstić information content (AvgIpc) is 2.30. The summed E-state index contributed by atoms with van der Waals surface area (Å²) in [5.41, 5.74) is 4.85. The Balaban J connectivity index is 2.40. The topological polar surface area (TPSA) is 47.3 Å². The number of rotatable bonds is 7. The summed E-state index contributed by atoms with van der Waals surface area (Å²) in [4.78, 5) is 0. The van der Waals surface area contributed by atoms with E-state index in [0.29, 0.717) is 6.42 Å². The summed E-state index contributed by atoms with van der Waals surface area (Å²) in [6.45, 7) is 1.73. The molecule has 0 aliphatic heterocycles. The molecular formula is C12H18F2N2O. The highest BCUT2D eigenvalue weighted by Crippen LogP contribution is 2.16. The van der Waals surface area contributed by atoms with E-state index in [1.807, 2.05) is 31.2 Å². The van der Waals surface area contributed by atoms with Gasteiger partial charge < -0.3 is 4.74 Å². The minimum atomic E-state index is -2.42. The van der Waals surface area contributed by atoms with E-state index in [-0.39, 0.29) is 12.6 Å². The quantitative estimate of drug-likeness (QED) is 0.439. The molecule has 1 rings (SSSR count). The molecule has 0 heterocycles. The molecule has 1 aromatic carbocycles. The molecule has 3 N–H and O–H groups in total. The Morgan fingerprint density at radius 2 is 1.94 bits per heavy atom. The highest BCUT2D eigenvalue weighted by molar-refractivity contribution is 5.23. The zero-order valence-electron chi connectivity index (χ0n) is 9.83. The molecule has 0 aliphatic rings. The van der Waals surface area contributed by atoms with Crippen LogP contribution in [-0.2, 0) is 4.74 Å². The van der Waals surface area contributed by atoms with Gasteiger partial charge in [0, 0.05) is 12.6 Å². The van der Waals surface area contributed by atoms with Gasteiger partial charge in [-0.15, -0.1) is 0 Å². The fourth-order valence-corrected chi connectivity index (χ4v) is 1.52. The van der Waals surface area contributed by atoms with Crippen LogP contribution in [0.1, 0.15) is 23.6 Å². The Hall–Kier alpha value is -1.04. The van der Waals surface area contributed by atoms with Gasteiger partial charge in [-0.2, -0.15) is 0 Å². The largest absolute Gasteiger partial charge is 0.375 e. The standard InChI is InChI=1S/C12H18F2N2O/c1-9-2-4-10(5-3-9)11(16-15)6-7-17-8-12(13)14/h2-5,11-12,16H,6-8,15H2,1H3. The Labute approximate surface area is 99.9 Å². The molecule has 0 aromatic heterocycles. The number of hydrogen-bond acceptors (Lipinski definition) is 3. The fourth-order valence-electron chi connectivity index (χ4n) is 1.52. The van der Waals surface area contributed by atoms with Crippen LogP contribution in [0.2, 0.25) is 0 Å². The summed E-state index contributed by atoms with van der Waals surface area (Å²) in [7, 11) is 0. The number of hydrazine groups is 1. The van der Waals surface area contributed by atoms with Gasteiger partial charge >= 0.3 is 0 Å². The van der Waals surface area contributed by atoms with Crippen molar-refractivity contribution in [3.05, 3.63) is 35.4 Å². The Bertz CT molecular complexity index is 317. The van der Waals surface area contributed by atoms with Crippen LogP contribution in [0.4, 0.5) is 8.78 Å². The van der Waals surface area contributed by atoms with E-state index in [1.165, 1.54) is 5.56 Å². The molecule has 5 heteroatoms. The summed E-state index contributed by atoms with van der Waals surface area (Å²) in [5.74, 6) is 5.43. The normalized spacial score (nSPS) is 13.0. The molecule has 1 unspecified atom stereocenters. The first-order valence-electron chi connectivity index (χ1n) is 5.52. The third-order valence-corrected chi connectivity index (χ3v) is 2.48. The first-order chi connectivity index (χ1) is 8.13. The number of nitrogens with one attached hydrogen (secondary N) is 1. The van der Waals surface area contributed by atoms with Crippen molar-refractivity contribution >= 4 is 0 Å². The second-order valence-electron chi connectivity index (χ2n) is 3.88. The maximum Gasteiger partial charge on any atom is 0.261 e. The van der Waals surface area contributed by atoms with Crippen LogP contribution in [0.5, 0.6) is 0 Å². The molecule has 0 spiro atoms. The molecule has 0 saturated carbocycles. The number of nitrogens with two attached hydrogens (primary N) is 1. The van der Waals surface area contributed by atoms with E-state index in [9.17, 15) is 8.78 Å². The molecule has 3 nitrogen and oxygen atoms in total. The number of halogens is 2. The van der Waals surface area contributed by atoms with E-state index >= 15 is 0 Å². The van der Waals surface area contributed by atoms with Crippen LogP contribution in [0.3, 0.4) is 0 Å². The zero-order valence-corrected chi connectivity index (χ0v) is 9.83. The van der Waals surface area contributed by atoms with Crippen molar-refractivity contribution in [2.45, 2.75) is 25.8 Å². The maximum atomic E-state index is 11.8. The Morgan fingerprint density at radius 1 is 1.29 bits per heavy atom. The predicted molar refractivity (Wildman–Crippen MR) is 62.7 cm³/mol. The van der Waals surface area contributed by atoms with Gasteiger partial charge in [0.1, 0.15) is 6.61 Å². The van der Waals surface area contributed by atoms with Crippen molar-refractivity contribution in [3.63, 3.8) is 0 Å². The number of aryl methyl sites for hydroxylation is 1. The van der Waals surface area contributed by atoms with Gasteiger partial charge in [0.25, 0.3) is 6.43 Å². The monoisotopic (exact) mass is 244 g/mol. The molecule has 0 bridgehead atoms. The third kappa shape index (κ3) is 5.21. The number of hydrogen-bond donors (Lipinski definition) is 2. The van der Waals surface area contributed by atoms with Crippen molar-refractivity contribution in [1.29, 1.82) is 0 Å². The minimum Gasteiger partial charge on any atom is -0.375 e. The molecule has 1 atom stereocenters. The highest BCUT2D eigenvalue weighted by atomic mass is 19.3. The zero-order chi connectivity index (χ0) is 12.7. The van der Waals surface area contributed by atoms with Crippen molar-refractivity contribution in [1.82, 2.24) is 5.43 Å². The lowest BCUT2D eigenvalue weighted by molar-refractivity contribution is 0.0143. The van der Waals surface area contributed by atoms with Crippen molar-refractivity contribution < 1.29 is 13.5 Å². The number of alkyl halides is 2. The average molecular weight is 244 g/mol. The molecular weight excluding hydrogens is 226 g/mol. The SMILES string of the molecule is Cc1ccc(C(CCOCC(F)F)NN)cc1. The van der Waals surface area contributed by atoms with E-state index < -0.39 is 13.0 Å². The summed E-state index contributed by atoms with van der Waals surface area (Å²) in [6, 6.07) is 7.83. The van der Waals surface area contributed by atoms with Crippen LogP contribution in [0.15, 0.2) is 24.3 Å². The summed E-state index contributed by atoms with van der Waals surface area (Å²) < 4.78 is 28.5. The van der Waals surface area contributed by atoms with Crippen LogP contribution in [0.25, 0.3) is 0 Å². The molecule has 0 radical (unpaired) electrons. The van der Waals surface area contributed by atoms with Crippen LogP contribution >= 0.6 is 0 Å². The van der Waals surface area contributed by atoms with Gasteiger partial charge in [-0.3, -0.25) is 11.3 Å². The summed E-state index contributed by atoms with van der Waals surface area (Å²) in [5, 5.41) is 0. The molecule has 0 aliphatic carbocycles. The van der Waals surface area contributed by atoms with E-state index in [0.717, 1.165) is 5.56 Å². The van der Waals surface area contributed by atoms with Gasteiger partial charge in [-0.05, 0) is 18.9 Å². The number of benzene rings is 1. The van der Waals surface area contributed by atoms with Crippen LogP contribution in [-0.4, -0.2) is 19.6 Å². The molecule has 0 saturated heterocycles. The molecule has 96 valence electrons. The van der Waals surface area contributed by atoms with Crippen molar-refractivity contribution in [2.24, 2.45) is 5.84 Å². The fraction of sp³-hybridized carbons (Fsp3) is 0.500. The summed E-state index contributed by atoms with van der Waals surface area (Å²) >= 11 is 0. The smallest absolute Gasteiger partial charge is 0.261 e.